The maximum Gasteiger partial charge on any atom is 0.138 e. The van der Waals surface area contributed by atoms with Crippen molar-refractivity contribution in [1.29, 1.82) is 0 Å². The van der Waals surface area contributed by atoms with E-state index in [1.165, 1.54) is 0 Å². The molecule has 0 amide bonds. The van der Waals surface area contributed by atoms with Crippen LogP contribution in [-0.2, 0) is 4.79 Å². The summed E-state index contributed by atoms with van der Waals surface area (Å²) in [6, 6.07) is 0. The Bertz CT molecular complexity index is 187. The van der Waals surface area contributed by atoms with Gasteiger partial charge in [0.1, 0.15) is 5.78 Å². The predicted octanol–water partition coefficient (Wildman–Crippen LogP) is 2.01. The molecule has 1 saturated carbocycles. The van der Waals surface area contributed by atoms with Crippen LogP contribution in [0.5, 0.6) is 0 Å². The monoisotopic (exact) mass is 184 g/mol. The number of carbonyl (C=O) groups excluding carboxylic acids is 1. The molecule has 1 aliphatic carbocycles. The van der Waals surface area contributed by atoms with Crippen molar-refractivity contribution in [3.63, 3.8) is 0 Å². The van der Waals surface area contributed by atoms with E-state index in [-0.39, 0.29) is 17.6 Å². The second-order valence-electron chi connectivity index (χ2n) is 4.69. The Kier molecular flexibility index (Phi) is 3.48. The van der Waals surface area contributed by atoms with Gasteiger partial charge in [-0.3, -0.25) is 4.79 Å². The van der Waals surface area contributed by atoms with Crippen LogP contribution in [0.2, 0.25) is 0 Å². The van der Waals surface area contributed by atoms with E-state index in [1.807, 2.05) is 13.8 Å². The summed E-state index contributed by atoms with van der Waals surface area (Å²) in [4.78, 5) is 11.5. The highest BCUT2D eigenvalue weighted by Gasteiger charge is 2.33. The Morgan fingerprint density at radius 1 is 1.46 bits per heavy atom. The first-order valence-corrected chi connectivity index (χ1v) is 5.23. The van der Waals surface area contributed by atoms with Gasteiger partial charge in [0.2, 0.25) is 0 Å². The topological polar surface area (TPSA) is 37.3 Å². The zero-order chi connectivity index (χ0) is 10.0. The van der Waals surface area contributed by atoms with Gasteiger partial charge in [0, 0.05) is 12.3 Å². The molecule has 1 N–H and O–H groups in total. The predicted molar refractivity (Wildman–Crippen MR) is 52.4 cm³/mol. The molecule has 76 valence electrons. The van der Waals surface area contributed by atoms with Crippen molar-refractivity contribution < 1.29 is 9.90 Å². The van der Waals surface area contributed by atoms with Gasteiger partial charge in [-0.1, -0.05) is 20.8 Å². The molecule has 2 heteroatoms. The summed E-state index contributed by atoms with van der Waals surface area (Å²) < 4.78 is 0. The molecule has 13 heavy (non-hydrogen) atoms. The second kappa shape index (κ2) is 4.23. The first-order chi connectivity index (χ1) is 6.02. The van der Waals surface area contributed by atoms with Crippen LogP contribution in [0.3, 0.4) is 0 Å². The lowest BCUT2D eigenvalue weighted by molar-refractivity contribution is -0.130. The Hall–Kier alpha value is -0.370. The third-order valence-electron chi connectivity index (χ3n) is 3.05. The number of hydrogen-bond donors (Lipinski definition) is 1. The average molecular weight is 184 g/mol. The van der Waals surface area contributed by atoms with E-state index in [0.29, 0.717) is 12.3 Å². The summed E-state index contributed by atoms with van der Waals surface area (Å²) in [5.41, 5.74) is 0. The molecular formula is C11H20O2. The fourth-order valence-corrected chi connectivity index (χ4v) is 2.05. The molecule has 0 bridgehead atoms. The quantitative estimate of drug-likeness (QED) is 0.712. The molecule has 0 aromatic heterocycles. The van der Waals surface area contributed by atoms with Gasteiger partial charge >= 0.3 is 0 Å². The number of aliphatic hydroxyl groups is 1. The number of rotatable bonds is 2. The van der Waals surface area contributed by atoms with Crippen LogP contribution in [0.15, 0.2) is 0 Å². The Balaban J connectivity index is 2.60. The van der Waals surface area contributed by atoms with Crippen molar-refractivity contribution in [3.8, 4) is 0 Å². The normalized spacial score (nSPS) is 32.2. The molecular weight excluding hydrogens is 164 g/mol. The minimum Gasteiger partial charge on any atom is -0.392 e. The molecule has 2 nitrogen and oxygen atoms in total. The maximum absolute atomic E-state index is 11.5. The number of aliphatic hydroxyl groups excluding tert-OH is 1. The Morgan fingerprint density at radius 3 is 2.62 bits per heavy atom. The summed E-state index contributed by atoms with van der Waals surface area (Å²) in [6.45, 7) is 6.10. The van der Waals surface area contributed by atoms with Crippen LogP contribution in [0.25, 0.3) is 0 Å². The van der Waals surface area contributed by atoms with Crippen LogP contribution < -0.4 is 0 Å². The summed E-state index contributed by atoms with van der Waals surface area (Å²) in [7, 11) is 0. The highest BCUT2D eigenvalue weighted by Crippen LogP contribution is 2.30. The van der Waals surface area contributed by atoms with Crippen molar-refractivity contribution in [1.82, 2.24) is 0 Å². The van der Waals surface area contributed by atoms with E-state index in [4.69, 9.17) is 0 Å². The van der Waals surface area contributed by atoms with E-state index in [0.717, 1.165) is 12.8 Å². The molecule has 0 radical (unpaired) electrons. The van der Waals surface area contributed by atoms with Crippen molar-refractivity contribution in [2.45, 2.75) is 46.1 Å². The van der Waals surface area contributed by atoms with Crippen LogP contribution >= 0.6 is 0 Å². The Morgan fingerprint density at radius 2 is 2.08 bits per heavy atom. The van der Waals surface area contributed by atoms with Crippen molar-refractivity contribution in [3.05, 3.63) is 0 Å². The maximum atomic E-state index is 11.5. The highest BCUT2D eigenvalue weighted by atomic mass is 16.3. The standard InChI is InChI=1S/C11H20O2/c1-7(2)11(13)9-6-8(3)4-5-10(9)12/h7-9,11,13H,4-6H2,1-3H3. The molecule has 1 fully saturated rings. The number of ketones is 1. The molecule has 1 rings (SSSR count). The molecule has 3 atom stereocenters. The number of carbonyl (C=O) groups is 1. The van der Waals surface area contributed by atoms with E-state index < -0.39 is 6.10 Å². The van der Waals surface area contributed by atoms with Crippen LogP contribution in [0, 0.1) is 17.8 Å². The first kappa shape index (κ1) is 10.7. The summed E-state index contributed by atoms with van der Waals surface area (Å²) in [5, 5.41) is 9.82. The van der Waals surface area contributed by atoms with Crippen LogP contribution in [-0.4, -0.2) is 17.0 Å². The minimum absolute atomic E-state index is 0.0938. The van der Waals surface area contributed by atoms with Gasteiger partial charge in [-0.15, -0.1) is 0 Å². The van der Waals surface area contributed by atoms with Gasteiger partial charge in [-0.25, -0.2) is 0 Å². The molecule has 3 unspecified atom stereocenters. The molecule has 0 saturated heterocycles. The molecule has 0 aromatic carbocycles. The zero-order valence-electron chi connectivity index (χ0n) is 8.79. The third kappa shape index (κ3) is 2.53. The highest BCUT2D eigenvalue weighted by molar-refractivity contribution is 5.82. The smallest absolute Gasteiger partial charge is 0.138 e. The second-order valence-corrected chi connectivity index (χ2v) is 4.69. The van der Waals surface area contributed by atoms with E-state index in [1.54, 1.807) is 0 Å². The summed E-state index contributed by atoms with van der Waals surface area (Å²) in [5.74, 6) is 0.957. The fraction of sp³-hybridized carbons (Fsp3) is 0.909. The lowest BCUT2D eigenvalue weighted by Gasteiger charge is -2.31. The number of hydrogen-bond acceptors (Lipinski definition) is 2. The Labute approximate surface area is 80.3 Å². The fourth-order valence-electron chi connectivity index (χ4n) is 2.05. The number of Topliss-reactive ketones (excluding diaryl/α,β-unsaturated/α-hetero) is 1. The van der Waals surface area contributed by atoms with Gasteiger partial charge in [0.15, 0.2) is 0 Å². The van der Waals surface area contributed by atoms with Crippen molar-refractivity contribution in [2.75, 3.05) is 0 Å². The zero-order valence-corrected chi connectivity index (χ0v) is 8.79. The molecule has 0 aromatic rings. The van der Waals surface area contributed by atoms with E-state index in [2.05, 4.69) is 6.92 Å². The molecule has 0 aliphatic heterocycles. The SMILES string of the molecule is CC1CCC(=O)C(C(O)C(C)C)C1. The minimum atomic E-state index is -0.435. The van der Waals surface area contributed by atoms with E-state index in [9.17, 15) is 9.90 Å². The van der Waals surface area contributed by atoms with Gasteiger partial charge < -0.3 is 5.11 Å². The van der Waals surface area contributed by atoms with Crippen LogP contribution in [0.1, 0.15) is 40.0 Å². The first-order valence-electron chi connectivity index (χ1n) is 5.23. The lowest BCUT2D eigenvalue weighted by Crippen LogP contribution is -2.36. The molecule has 0 spiro atoms. The van der Waals surface area contributed by atoms with E-state index >= 15 is 0 Å². The largest absolute Gasteiger partial charge is 0.392 e. The average Bonchev–Trinajstić information content (AvgIpc) is 2.08. The van der Waals surface area contributed by atoms with Gasteiger partial charge in [0.05, 0.1) is 6.10 Å². The van der Waals surface area contributed by atoms with Gasteiger partial charge in [-0.2, -0.15) is 0 Å². The van der Waals surface area contributed by atoms with Gasteiger partial charge in [0.25, 0.3) is 0 Å². The molecule has 1 aliphatic rings. The summed E-state index contributed by atoms with van der Waals surface area (Å²) >= 11 is 0. The van der Waals surface area contributed by atoms with Crippen molar-refractivity contribution in [2.24, 2.45) is 17.8 Å². The molecule has 0 heterocycles. The van der Waals surface area contributed by atoms with Crippen molar-refractivity contribution >= 4 is 5.78 Å². The van der Waals surface area contributed by atoms with Crippen LogP contribution in [0.4, 0.5) is 0 Å². The third-order valence-corrected chi connectivity index (χ3v) is 3.05. The van der Waals surface area contributed by atoms with Gasteiger partial charge in [-0.05, 0) is 24.7 Å². The summed E-state index contributed by atoms with van der Waals surface area (Å²) in [6.07, 6.45) is 2.10. The lowest BCUT2D eigenvalue weighted by atomic mass is 9.76.